The highest BCUT2D eigenvalue weighted by Gasteiger charge is 2.27. The molecule has 1 saturated heterocycles. The molecular formula is C19H24N6O3. The number of benzene rings is 1. The molecule has 1 aliphatic heterocycles. The fourth-order valence-electron chi connectivity index (χ4n) is 3.37. The first-order chi connectivity index (χ1) is 13.7. The minimum absolute atomic E-state index is 0.250. The van der Waals surface area contributed by atoms with Gasteiger partial charge in [0, 0.05) is 19.0 Å². The average molecular weight is 384 g/mol. The minimum atomic E-state index is -0.250. The van der Waals surface area contributed by atoms with E-state index in [-0.39, 0.29) is 6.10 Å². The summed E-state index contributed by atoms with van der Waals surface area (Å²) in [5.74, 6) is 2.25. The number of ether oxygens (including phenoxy) is 3. The Hall–Kier alpha value is -2.78. The predicted molar refractivity (Wildman–Crippen MR) is 104 cm³/mol. The summed E-state index contributed by atoms with van der Waals surface area (Å²) in [5.41, 5.74) is 2.03. The summed E-state index contributed by atoms with van der Waals surface area (Å²) in [6, 6.07) is 8.09. The van der Waals surface area contributed by atoms with Gasteiger partial charge < -0.3 is 19.1 Å². The van der Waals surface area contributed by atoms with Crippen LogP contribution in [0.1, 0.15) is 17.5 Å². The van der Waals surface area contributed by atoms with E-state index < -0.39 is 0 Å². The summed E-state index contributed by atoms with van der Waals surface area (Å²) >= 11 is 0. The lowest BCUT2D eigenvalue weighted by Gasteiger charge is -2.32. The molecule has 1 aliphatic rings. The van der Waals surface area contributed by atoms with Crippen molar-refractivity contribution in [3.63, 3.8) is 0 Å². The van der Waals surface area contributed by atoms with Gasteiger partial charge in [-0.1, -0.05) is 12.1 Å². The third-order valence-electron chi connectivity index (χ3n) is 4.86. The van der Waals surface area contributed by atoms with Gasteiger partial charge in [0.1, 0.15) is 23.2 Å². The van der Waals surface area contributed by atoms with E-state index in [1.807, 2.05) is 12.1 Å². The van der Waals surface area contributed by atoms with Crippen molar-refractivity contribution >= 4 is 16.7 Å². The van der Waals surface area contributed by atoms with Gasteiger partial charge in [0.05, 0.1) is 33.4 Å². The Bertz CT molecular complexity index is 960. The molecule has 3 aromatic rings. The number of aromatic nitrogens is 5. The van der Waals surface area contributed by atoms with Crippen LogP contribution in [0, 0.1) is 6.92 Å². The second-order valence-corrected chi connectivity index (χ2v) is 6.70. The largest absolute Gasteiger partial charge is 0.494 e. The summed E-state index contributed by atoms with van der Waals surface area (Å²) in [6.07, 6.45) is -0.250. The smallest absolute Gasteiger partial charge is 0.205 e. The summed E-state index contributed by atoms with van der Waals surface area (Å²) in [7, 11) is 3.31. The number of tetrazole rings is 1. The van der Waals surface area contributed by atoms with Gasteiger partial charge in [-0.2, -0.15) is 4.80 Å². The van der Waals surface area contributed by atoms with Crippen LogP contribution in [0.5, 0.6) is 5.75 Å². The summed E-state index contributed by atoms with van der Waals surface area (Å²) < 4.78 is 16.4. The third kappa shape index (κ3) is 3.63. The zero-order valence-corrected chi connectivity index (χ0v) is 16.3. The number of pyridine rings is 1. The zero-order valence-electron chi connectivity index (χ0n) is 16.3. The number of hydrogen-bond donors (Lipinski definition) is 0. The van der Waals surface area contributed by atoms with Crippen LogP contribution in [0.2, 0.25) is 0 Å². The molecule has 0 amide bonds. The Morgan fingerprint density at radius 3 is 3.00 bits per heavy atom. The van der Waals surface area contributed by atoms with Crippen molar-refractivity contribution in [2.75, 3.05) is 45.4 Å². The van der Waals surface area contributed by atoms with Crippen LogP contribution in [0.4, 0.5) is 5.82 Å². The van der Waals surface area contributed by atoms with E-state index in [4.69, 9.17) is 19.2 Å². The fourth-order valence-corrected chi connectivity index (χ4v) is 3.37. The van der Waals surface area contributed by atoms with Gasteiger partial charge in [-0.3, -0.25) is 0 Å². The molecule has 9 heteroatoms. The maximum atomic E-state index is 5.89. The number of fused-ring (bicyclic) bond motifs is 1. The van der Waals surface area contributed by atoms with Crippen molar-refractivity contribution in [2.24, 2.45) is 0 Å². The molecule has 0 saturated carbocycles. The molecule has 1 aromatic carbocycles. The first-order valence-corrected chi connectivity index (χ1v) is 9.27. The standard InChI is InChI=1S/C19H24N6O3/c1-13-11-17(20-18-14(13)5-4-6-15(18)27-3)24-7-10-28-16(12-24)19-21-23-25(22-19)8-9-26-2/h4-6,11,16H,7-10,12H2,1-3H3. The van der Waals surface area contributed by atoms with Crippen molar-refractivity contribution in [3.05, 3.63) is 35.7 Å². The molecule has 0 N–H and O–H groups in total. The molecule has 148 valence electrons. The first-order valence-electron chi connectivity index (χ1n) is 9.27. The quantitative estimate of drug-likeness (QED) is 0.635. The monoisotopic (exact) mass is 384 g/mol. The van der Waals surface area contributed by atoms with Crippen LogP contribution >= 0.6 is 0 Å². The number of nitrogens with zero attached hydrogens (tertiary/aromatic N) is 6. The number of morpholine rings is 1. The van der Waals surface area contributed by atoms with E-state index in [0.717, 1.165) is 34.6 Å². The Kier molecular flexibility index (Phi) is 5.36. The minimum Gasteiger partial charge on any atom is -0.494 e. The van der Waals surface area contributed by atoms with E-state index >= 15 is 0 Å². The number of hydrogen-bond acceptors (Lipinski definition) is 8. The topological polar surface area (TPSA) is 87.4 Å². The maximum absolute atomic E-state index is 5.89. The van der Waals surface area contributed by atoms with Crippen molar-refractivity contribution in [2.45, 2.75) is 19.6 Å². The summed E-state index contributed by atoms with van der Waals surface area (Å²) in [6.45, 7) is 5.13. The maximum Gasteiger partial charge on any atom is 0.205 e. The third-order valence-corrected chi connectivity index (χ3v) is 4.86. The van der Waals surface area contributed by atoms with Crippen LogP contribution in [0.15, 0.2) is 24.3 Å². The summed E-state index contributed by atoms with van der Waals surface area (Å²) in [5, 5.41) is 13.7. The molecule has 2 aromatic heterocycles. The highest BCUT2D eigenvalue weighted by Crippen LogP contribution is 2.30. The van der Waals surface area contributed by atoms with Gasteiger partial charge in [-0.25, -0.2) is 4.98 Å². The Balaban J connectivity index is 1.58. The number of aryl methyl sites for hydroxylation is 1. The molecule has 28 heavy (non-hydrogen) atoms. The van der Waals surface area contributed by atoms with E-state index in [1.165, 1.54) is 4.80 Å². The molecule has 0 aliphatic carbocycles. The van der Waals surface area contributed by atoms with Crippen molar-refractivity contribution in [1.82, 2.24) is 25.2 Å². The highest BCUT2D eigenvalue weighted by atomic mass is 16.5. The van der Waals surface area contributed by atoms with Gasteiger partial charge in [-0.15, -0.1) is 10.2 Å². The van der Waals surface area contributed by atoms with Gasteiger partial charge in [0.25, 0.3) is 0 Å². The van der Waals surface area contributed by atoms with Crippen LogP contribution < -0.4 is 9.64 Å². The number of para-hydroxylation sites is 1. The Morgan fingerprint density at radius 2 is 2.18 bits per heavy atom. The second kappa shape index (κ2) is 8.07. The lowest BCUT2D eigenvalue weighted by molar-refractivity contribution is 0.0335. The molecule has 0 radical (unpaired) electrons. The van der Waals surface area contributed by atoms with Crippen LogP contribution in [-0.2, 0) is 16.0 Å². The molecular weight excluding hydrogens is 360 g/mol. The molecule has 1 atom stereocenters. The van der Waals surface area contributed by atoms with Crippen LogP contribution in [-0.4, -0.2) is 65.7 Å². The molecule has 3 heterocycles. The summed E-state index contributed by atoms with van der Waals surface area (Å²) in [4.78, 5) is 8.60. The van der Waals surface area contributed by atoms with E-state index in [9.17, 15) is 0 Å². The van der Waals surface area contributed by atoms with E-state index in [2.05, 4.69) is 39.4 Å². The fraction of sp³-hybridized carbons (Fsp3) is 0.474. The predicted octanol–water partition coefficient (Wildman–Crippen LogP) is 1.76. The second-order valence-electron chi connectivity index (χ2n) is 6.70. The van der Waals surface area contributed by atoms with Gasteiger partial charge in [0.15, 0.2) is 0 Å². The SMILES string of the molecule is COCCn1nnc(C2CN(c3cc(C)c4cccc(OC)c4n3)CCO2)n1. The lowest BCUT2D eigenvalue weighted by atomic mass is 10.1. The van der Waals surface area contributed by atoms with Crippen molar-refractivity contribution in [3.8, 4) is 5.75 Å². The highest BCUT2D eigenvalue weighted by molar-refractivity contribution is 5.88. The normalized spacial score (nSPS) is 17.2. The number of anilines is 1. The Labute approximate surface area is 163 Å². The molecule has 1 unspecified atom stereocenters. The van der Waals surface area contributed by atoms with E-state index in [0.29, 0.717) is 32.1 Å². The zero-order chi connectivity index (χ0) is 19.5. The molecule has 0 bridgehead atoms. The van der Waals surface area contributed by atoms with Crippen molar-refractivity contribution in [1.29, 1.82) is 0 Å². The van der Waals surface area contributed by atoms with Crippen molar-refractivity contribution < 1.29 is 14.2 Å². The van der Waals surface area contributed by atoms with Gasteiger partial charge >= 0.3 is 0 Å². The van der Waals surface area contributed by atoms with Crippen LogP contribution in [0.25, 0.3) is 10.9 Å². The first kappa shape index (κ1) is 18.6. The number of methoxy groups -OCH3 is 2. The van der Waals surface area contributed by atoms with E-state index in [1.54, 1.807) is 14.2 Å². The molecule has 0 spiro atoms. The van der Waals surface area contributed by atoms with Crippen LogP contribution in [0.3, 0.4) is 0 Å². The lowest BCUT2D eigenvalue weighted by Crippen LogP contribution is -2.39. The molecule has 9 nitrogen and oxygen atoms in total. The van der Waals surface area contributed by atoms with Gasteiger partial charge in [-0.05, 0) is 29.8 Å². The molecule has 4 rings (SSSR count). The Morgan fingerprint density at radius 1 is 1.29 bits per heavy atom. The van der Waals surface area contributed by atoms with Gasteiger partial charge in [0.2, 0.25) is 5.82 Å². The number of rotatable bonds is 6. The average Bonchev–Trinajstić information content (AvgIpc) is 3.21. The molecule has 1 fully saturated rings.